The predicted molar refractivity (Wildman–Crippen MR) is 133 cm³/mol. The van der Waals surface area contributed by atoms with Crippen LogP contribution in [0.5, 0.6) is 5.75 Å². The highest BCUT2D eigenvalue weighted by Gasteiger charge is 2.36. The summed E-state index contributed by atoms with van der Waals surface area (Å²) in [6.07, 6.45) is 0.824. The van der Waals surface area contributed by atoms with Gasteiger partial charge in [0.25, 0.3) is 5.56 Å². The molecule has 2 atom stereocenters. The summed E-state index contributed by atoms with van der Waals surface area (Å²) in [5.74, 6) is 0.896. The van der Waals surface area contributed by atoms with E-state index in [1.807, 2.05) is 38.1 Å². The van der Waals surface area contributed by atoms with Crippen LogP contribution in [0, 0.1) is 0 Å². The number of carbonyl (C=O) groups excluding carboxylic acids is 1. The van der Waals surface area contributed by atoms with Crippen molar-refractivity contribution in [3.63, 3.8) is 0 Å². The number of nitrogens with zero attached hydrogens (tertiary/aromatic N) is 2. The highest BCUT2D eigenvalue weighted by Crippen LogP contribution is 2.37. The number of ether oxygens (including phenoxy) is 2. The average Bonchev–Trinajstić information content (AvgIpc) is 3.16. The molecule has 0 bridgehead atoms. The van der Waals surface area contributed by atoms with E-state index in [1.165, 1.54) is 6.92 Å². The van der Waals surface area contributed by atoms with E-state index in [0.717, 1.165) is 16.8 Å². The third-order valence-corrected chi connectivity index (χ3v) is 6.43. The highest BCUT2D eigenvalue weighted by molar-refractivity contribution is 6.33. The SMILES string of the molecule is CCc1nc(-c2ccc(OC)cc2Cl)c(=O)n(CC)c1NC1c2ccccc2C[C@@H]1OC(C)=O. The zero-order valence-corrected chi connectivity index (χ0v) is 20.5. The Kier molecular flexibility index (Phi) is 6.93. The summed E-state index contributed by atoms with van der Waals surface area (Å²) in [6, 6.07) is 12.9. The van der Waals surface area contributed by atoms with Crippen LogP contribution in [0.15, 0.2) is 47.3 Å². The van der Waals surface area contributed by atoms with Crippen LogP contribution in [0.3, 0.4) is 0 Å². The number of esters is 1. The number of nitrogens with one attached hydrogen (secondary N) is 1. The maximum absolute atomic E-state index is 13.6. The molecule has 0 spiro atoms. The van der Waals surface area contributed by atoms with Crippen molar-refractivity contribution < 1.29 is 14.3 Å². The summed E-state index contributed by atoms with van der Waals surface area (Å²) in [6.45, 7) is 5.75. The van der Waals surface area contributed by atoms with Crippen LogP contribution in [0.4, 0.5) is 5.82 Å². The summed E-state index contributed by atoms with van der Waals surface area (Å²) in [4.78, 5) is 30.1. The van der Waals surface area contributed by atoms with Gasteiger partial charge in [0.15, 0.2) is 0 Å². The Morgan fingerprint density at radius 2 is 2.00 bits per heavy atom. The zero-order valence-electron chi connectivity index (χ0n) is 19.7. The minimum Gasteiger partial charge on any atom is -0.497 e. The minimum atomic E-state index is -0.379. The van der Waals surface area contributed by atoms with Crippen molar-refractivity contribution in [2.45, 2.75) is 52.3 Å². The number of aryl methyl sites for hydroxylation is 1. The Balaban J connectivity index is 1.82. The number of rotatable bonds is 7. The van der Waals surface area contributed by atoms with Gasteiger partial charge in [-0.3, -0.25) is 14.2 Å². The van der Waals surface area contributed by atoms with Crippen LogP contribution in [-0.4, -0.2) is 28.7 Å². The number of hydrogen-bond acceptors (Lipinski definition) is 6. The summed E-state index contributed by atoms with van der Waals surface area (Å²) in [5.41, 5.74) is 3.50. The van der Waals surface area contributed by atoms with Crippen molar-refractivity contribution in [1.29, 1.82) is 0 Å². The lowest BCUT2D eigenvalue weighted by Gasteiger charge is -2.26. The van der Waals surface area contributed by atoms with Crippen molar-refractivity contribution in [3.05, 3.63) is 74.7 Å². The molecule has 0 saturated carbocycles. The molecule has 1 aromatic heterocycles. The fourth-order valence-corrected chi connectivity index (χ4v) is 4.78. The van der Waals surface area contributed by atoms with Gasteiger partial charge in [0.05, 0.1) is 23.9 Å². The maximum atomic E-state index is 13.6. The van der Waals surface area contributed by atoms with E-state index in [1.54, 1.807) is 29.9 Å². The molecule has 1 heterocycles. The molecule has 0 radical (unpaired) electrons. The summed E-state index contributed by atoms with van der Waals surface area (Å²) < 4.78 is 12.6. The van der Waals surface area contributed by atoms with Crippen LogP contribution >= 0.6 is 11.6 Å². The van der Waals surface area contributed by atoms with Gasteiger partial charge >= 0.3 is 5.97 Å². The van der Waals surface area contributed by atoms with Crippen LogP contribution in [0.2, 0.25) is 5.02 Å². The highest BCUT2D eigenvalue weighted by atomic mass is 35.5. The number of carbonyl (C=O) groups is 1. The van der Waals surface area contributed by atoms with Gasteiger partial charge in [-0.1, -0.05) is 42.8 Å². The average molecular weight is 482 g/mol. The van der Waals surface area contributed by atoms with E-state index < -0.39 is 0 Å². The molecule has 8 heteroatoms. The Labute approximate surface area is 203 Å². The van der Waals surface area contributed by atoms with Crippen LogP contribution < -0.4 is 15.6 Å². The third kappa shape index (κ3) is 4.40. The minimum absolute atomic E-state index is 0.246. The van der Waals surface area contributed by atoms with E-state index in [2.05, 4.69) is 5.32 Å². The van der Waals surface area contributed by atoms with Gasteiger partial charge in [0.1, 0.15) is 23.4 Å². The topological polar surface area (TPSA) is 82.4 Å². The Hall–Kier alpha value is -3.32. The van der Waals surface area contributed by atoms with Crippen LogP contribution in [0.25, 0.3) is 11.3 Å². The molecule has 0 fully saturated rings. The van der Waals surface area contributed by atoms with E-state index >= 15 is 0 Å². The largest absolute Gasteiger partial charge is 0.497 e. The molecule has 3 aromatic rings. The van der Waals surface area contributed by atoms with E-state index in [4.69, 9.17) is 26.1 Å². The van der Waals surface area contributed by atoms with Crippen LogP contribution in [0.1, 0.15) is 43.6 Å². The monoisotopic (exact) mass is 481 g/mol. The summed E-state index contributed by atoms with van der Waals surface area (Å²) in [7, 11) is 1.56. The molecule has 1 N–H and O–H groups in total. The lowest BCUT2D eigenvalue weighted by molar-refractivity contribution is -0.146. The maximum Gasteiger partial charge on any atom is 0.302 e. The quantitative estimate of drug-likeness (QED) is 0.488. The first-order valence-corrected chi connectivity index (χ1v) is 11.7. The first kappa shape index (κ1) is 23.8. The molecule has 0 aliphatic heterocycles. The molecule has 4 rings (SSSR count). The van der Waals surface area contributed by atoms with Gasteiger partial charge in [0, 0.05) is 25.5 Å². The lowest BCUT2D eigenvalue weighted by atomic mass is 10.1. The fraction of sp³-hybridized carbons (Fsp3) is 0.346. The molecule has 7 nitrogen and oxygen atoms in total. The standard InChI is InChI=1S/C26H28ClN3O4/c1-5-21-25(29-23-18-10-8-7-9-16(18)13-22(23)34-15(3)31)30(6-2)26(32)24(28-21)19-12-11-17(33-4)14-20(19)27/h7-12,14,22-23,29H,5-6,13H2,1-4H3/t22-,23?/m0/s1. The number of anilines is 1. The van der Waals surface area contributed by atoms with Crippen molar-refractivity contribution in [1.82, 2.24) is 9.55 Å². The first-order valence-electron chi connectivity index (χ1n) is 11.4. The molecule has 0 saturated heterocycles. The van der Waals surface area contributed by atoms with Crippen LogP contribution in [-0.2, 0) is 28.9 Å². The predicted octanol–water partition coefficient (Wildman–Crippen LogP) is 4.80. The molecule has 178 valence electrons. The Bertz CT molecular complexity index is 1290. The molecular formula is C26H28ClN3O4. The normalized spacial score (nSPS) is 16.7. The number of hydrogen-bond donors (Lipinski definition) is 1. The number of fused-ring (bicyclic) bond motifs is 1. The second-order valence-electron chi connectivity index (χ2n) is 8.18. The third-order valence-electron chi connectivity index (χ3n) is 6.11. The fourth-order valence-electron chi connectivity index (χ4n) is 4.52. The first-order chi connectivity index (χ1) is 16.4. The summed E-state index contributed by atoms with van der Waals surface area (Å²) in [5, 5.41) is 3.91. The lowest BCUT2D eigenvalue weighted by Crippen LogP contribution is -2.32. The summed E-state index contributed by atoms with van der Waals surface area (Å²) >= 11 is 6.47. The van der Waals surface area contributed by atoms with Gasteiger partial charge < -0.3 is 14.8 Å². The van der Waals surface area contributed by atoms with E-state index in [9.17, 15) is 9.59 Å². The number of methoxy groups -OCH3 is 1. The van der Waals surface area contributed by atoms with Gasteiger partial charge in [-0.2, -0.15) is 0 Å². The number of benzene rings is 2. The molecule has 34 heavy (non-hydrogen) atoms. The molecule has 2 aromatic carbocycles. The van der Waals surface area contributed by atoms with E-state index in [-0.39, 0.29) is 23.7 Å². The second-order valence-corrected chi connectivity index (χ2v) is 8.58. The van der Waals surface area contributed by atoms with Crippen molar-refractivity contribution in [2.75, 3.05) is 12.4 Å². The molecule has 1 aliphatic carbocycles. The van der Waals surface area contributed by atoms with Gasteiger partial charge in [-0.15, -0.1) is 0 Å². The molecule has 1 unspecified atom stereocenters. The molecule has 0 amide bonds. The van der Waals surface area contributed by atoms with Crippen molar-refractivity contribution >= 4 is 23.4 Å². The van der Waals surface area contributed by atoms with Crippen molar-refractivity contribution in [3.8, 4) is 17.0 Å². The van der Waals surface area contributed by atoms with E-state index in [0.29, 0.717) is 47.2 Å². The van der Waals surface area contributed by atoms with Gasteiger partial charge in [0.2, 0.25) is 0 Å². The smallest absolute Gasteiger partial charge is 0.302 e. The molecular weight excluding hydrogens is 454 g/mol. The zero-order chi connectivity index (χ0) is 24.4. The molecule has 1 aliphatic rings. The second kappa shape index (κ2) is 9.89. The number of aromatic nitrogens is 2. The number of halogens is 1. The Morgan fingerprint density at radius 3 is 2.65 bits per heavy atom. The van der Waals surface area contributed by atoms with Gasteiger partial charge in [-0.25, -0.2) is 4.98 Å². The van der Waals surface area contributed by atoms with Crippen molar-refractivity contribution in [2.24, 2.45) is 0 Å². The Morgan fingerprint density at radius 1 is 1.24 bits per heavy atom. The van der Waals surface area contributed by atoms with Gasteiger partial charge in [-0.05, 0) is 42.7 Å².